The van der Waals surface area contributed by atoms with Crippen LogP contribution in [0.2, 0.25) is 0 Å². The molecule has 78 valence electrons. The van der Waals surface area contributed by atoms with E-state index in [0.717, 1.165) is 31.9 Å². The molecule has 1 aliphatic heterocycles. The molecule has 0 saturated carbocycles. The van der Waals surface area contributed by atoms with Gasteiger partial charge in [-0.1, -0.05) is 0 Å². The predicted molar refractivity (Wildman–Crippen MR) is 57.3 cm³/mol. The van der Waals surface area contributed by atoms with E-state index < -0.39 is 0 Å². The smallest absolute Gasteiger partial charge is 0.148 e. The highest BCUT2D eigenvalue weighted by molar-refractivity contribution is 5.36. The van der Waals surface area contributed by atoms with Gasteiger partial charge in [0.1, 0.15) is 5.82 Å². The van der Waals surface area contributed by atoms with Crippen molar-refractivity contribution in [3.63, 3.8) is 0 Å². The number of anilines is 1. The van der Waals surface area contributed by atoms with Crippen LogP contribution in [0.5, 0.6) is 0 Å². The highest BCUT2D eigenvalue weighted by Gasteiger charge is 2.10. The van der Waals surface area contributed by atoms with Crippen molar-refractivity contribution < 1.29 is 0 Å². The molecule has 1 aromatic rings. The van der Waals surface area contributed by atoms with Crippen LogP contribution in [-0.4, -0.2) is 22.4 Å². The van der Waals surface area contributed by atoms with Gasteiger partial charge >= 0.3 is 0 Å². The van der Waals surface area contributed by atoms with E-state index in [9.17, 15) is 0 Å². The van der Waals surface area contributed by atoms with Crippen molar-refractivity contribution in [2.75, 3.05) is 11.9 Å². The van der Waals surface area contributed by atoms with Gasteiger partial charge < -0.3 is 10.6 Å². The Bertz CT molecular complexity index is 280. The Morgan fingerprint density at radius 3 is 3.21 bits per heavy atom. The van der Waals surface area contributed by atoms with Crippen molar-refractivity contribution in [1.82, 2.24) is 15.1 Å². The number of aryl methyl sites for hydroxylation is 1. The molecule has 0 aliphatic carbocycles. The molecule has 1 aromatic heterocycles. The molecule has 2 heterocycles. The Morgan fingerprint density at radius 2 is 2.43 bits per heavy atom. The molecule has 0 spiro atoms. The van der Waals surface area contributed by atoms with Gasteiger partial charge in [0.25, 0.3) is 0 Å². The minimum Gasteiger partial charge on any atom is -0.366 e. The molecule has 4 heteroatoms. The number of nitrogens with zero attached hydrogens (tertiary/aromatic N) is 2. The summed E-state index contributed by atoms with van der Waals surface area (Å²) >= 11 is 0. The molecule has 2 N–H and O–H groups in total. The molecule has 2 rings (SSSR count). The van der Waals surface area contributed by atoms with Gasteiger partial charge in [-0.3, -0.25) is 4.68 Å². The summed E-state index contributed by atoms with van der Waals surface area (Å²) in [5.74, 6) is 0.999. The van der Waals surface area contributed by atoms with Gasteiger partial charge in [0, 0.05) is 25.2 Å². The van der Waals surface area contributed by atoms with E-state index in [1.165, 1.54) is 5.69 Å². The first-order valence-electron chi connectivity index (χ1n) is 5.29. The van der Waals surface area contributed by atoms with E-state index in [-0.39, 0.29) is 0 Å². The molecule has 0 radical (unpaired) electrons. The van der Waals surface area contributed by atoms with Crippen molar-refractivity contribution in [2.45, 2.75) is 39.4 Å². The summed E-state index contributed by atoms with van der Waals surface area (Å²) in [5.41, 5.74) is 1.28. The zero-order chi connectivity index (χ0) is 9.97. The van der Waals surface area contributed by atoms with Crippen molar-refractivity contribution in [2.24, 2.45) is 0 Å². The number of nitrogens with one attached hydrogen (secondary N) is 2. The molecule has 0 unspecified atom stereocenters. The Balaban J connectivity index is 2.14. The summed E-state index contributed by atoms with van der Waals surface area (Å²) in [4.78, 5) is 0. The van der Waals surface area contributed by atoms with E-state index in [1.807, 2.05) is 0 Å². The van der Waals surface area contributed by atoms with Gasteiger partial charge in [-0.25, -0.2) is 0 Å². The molecular formula is C10H18N4. The van der Waals surface area contributed by atoms with Gasteiger partial charge in [0.05, 0.1) is 5.69 Å². The predicted octanol–water partition coefficient (Wildman–Crippen LogP) is 1.20. The lowest BCUT2D eigenvalue weighted by molar-refractivity contribution is 0.588. The summed E-state index contributed by atoms with van der Waals surface area (Å²) < 4.78 is 2.10. The zero-order valence-corrected chi connectivity index (χ0v) is 8.88. The number of hydrogen-bond acceptors (Lipinski definition) is 3. The average molecular weight is 194 g/mol. The lowest BCUT2D eigenvalue weighted by atomic mass is 10.3. The highest BCUT2D eigenvalue weighted by Crippen LogP contribution is 2.12. The standard InChI is InChI=1S/C10H18N4/c1-8(2)12-10-6-9-7-11-4-3-5-14(9)13-10/h6,8,11H,3-5,7H2,1-2H3,(H,12,13). The van der Waals surface area contributed by atoms with Gasteiger partial charge in [0.2, 0.25) is 0 Å². The maximum Gasteiger partial charge on any atom is 0.148 e. The Morgan fingerprint density at radius 1 is 1.57 bits per heavy atom. The van der Waals surface area contributed by atoms with Crippen molar-refractivity contribution in [3.8, 4) is 0 Å². The number of hydrogen-bond donors (Lipinski definition) is 2. The molecule has 0 atom stereocenters. The third-order valence-electron chi connectivity index (χ3n) is 2.33. The maximum absolute atomic E-state index is 4.52. The number of aromatic nitrogens is 2. The van der Waals surface area contributed by atoms with E-state index >= 15 is 0 Å². The van der Waals surface area contributed by atoms with Crippen LogP contribution in [0.15, 0.2) is 6.07 Å². The monoisotopic (exact) mass is 194 g/mol. The van der Waals surface area contributed by atoms with Crippen LogP contribution in [0.4, 0.5) is 5.82 Å². The van der Waals surface area contributed by atoms with Crippen LogP contribution in [0.25, 0.3) is 0 Å². The molecule has 0 saturated heterocycles. The van der Waals surface area contributed by atoms with Gasteiger partial charge in [-0.15, -0.1) is 0 Å². The molecule has 4 nitrogen and oxygen atoms in total. The summed E-state index contributed by atoms with van der Waals surface area (Å²) in [6.07, 6.45) is 1.16. The number of fused-ring (bicyclic) bond motifs is 1. The SMILES string of the molecule is CC(C)Nc1cc2n(n1)CCCNC2. The minimum absolute atomic E-state index is 0.446. The quantitative estimate of drug-likeness (QED) is 0.743. The fraction of sp³-hybridized carbons (Fsp3) is 0.700. The number of rotatable bonds is 2. The molecule has 0 aromatic carbocycles. The fourth-order valence-electron chi connectivity index (χ4n) is 1.73. The third kappa shape index (κ3) is 2.07. The zero-order valence-electron chi connectivity index (χ0n) is 8.88. The molecular weight excluding hydrogens is 176 g/mol. The van der Waals surface area contributed by atoms with E-state index in [4.69, 9.17) is 0 Å². The van der Waals surface area contributed by atoms with Gasteiger partial charge in [-0.05, 0) is 26.8 Å². The summed E-state index contributed by atoms with van der Waals surface area (Å²) in [6, 6.07) is 2.58. The van der Waals surface area contributed by atoms with Gasteiger partial charge in [0.15, 0.2) is 0 Å². The second-order valence-electron chi connectivity index (χ2n) is 4.07. The maximum atomic E-state index is 4.52. The first-order chi connectivity index (χ1) is 6.75. The van der Waals surface area contributed by atoms with Crippen LogP contribution in [-0.2, 0) is 13.1 Å². The first-order valence-corrected chi connectivity index (χ1v) is 5.29. The second kappa shape index (κ2) is 4.00. The fourth-order valence-corrected chi connectivity index (χ4v) is 1.73. The van der Waals surface area contributed by atoms with Crippen LogP contribution >= 0.6 is 0 Å². The minimum atomic E-state index is 0.446. The van der Waals surface area contributed by atoms with E-state index in [1.54, 1.807) is 0 Å². The lowest BCUT2D eigenvalue weighted by Gasteiger charge is -2.05. The van der Waals surface area contributed by atoms with Crippen LogP contribution < -0.4 is 10.6 Å². The van der Waals surface area contributed by atoms with Crippen molar-refractivity contribution in [3.05, 3.63) is 11.8 Å². The first kappa shape index (κ1) is 9.52. The normalized spacial score (nSPS) is 16.5. The van der Waals surface area contributed by atoms with Crippen molar-refractivity contribution >= 4 is 5.82 Å². The Kier molecular flexibility index (Phi) is 2.72. The molecule has 0 fully saturated rings. The van der Waals surface area contributed by atoms with Crippen LogP contribution in [0.3, 0.4) is 0 Å². The van der Waals surface area contributed by atoms with Crippen LogP contribution in [0, 0.1) is 0 Å². The summed E-state index contributed by atoms with van der Waals surface area (Å²) in [7, 11) is 0. The Hall–Kier alpha value is -1.03. The second-order valence-corrected chi connectivity index (χ2v) is 4.07. The molecule has 1 aliphatic rings. The molecule has 0 bridgehead atoms. The van der Waals surface area contributed by atoms with Crippen molar-refractivity contribution in [1.29, 1.82) is 0 Å². The Labute approximate surface area is 84.7 Å². The largest absolute Gasteiger partial charge is 0.366 e. The van der Waals surface area contributed by atoms with Gasteiger partial charge in [-0.2, -0.15) is 5.10 Å². The molecule has 0 amide bonds. The average Bonchev–Trinajstić information content (AvgIpc) is 2.34. The van der Waals surface area contributed by atoms with E-state index in [0.29, 0.717) is 6.04 Å². The third-order valence-corrected chi connectivity index (χ3v) is 2.33. The lowest BCUT2D eigenvalue weighted by Crippen LogP contribution is -2.12. The topological polar surface area (TPSA) is 41.9 Å². The summed E-state index contributed by atoms with van der Waals surface area (Å²) in [5, 5.41) is 11.2. The summed E-state index contributed by atoms with van der Waals surface area (Å²) in [6.45, 7) is 7.32. The van der Waals surface area contributed by atoms with E-state index in [2.05, 4.69) is 40.3 Å². The molecule has 14 heavy (non-hydrogen) atoms. The van der Waals surface area contributed by atoms with Crippen LogP contribution in [0.1, 0.15) is 26.0 Å². The highest BCUT2D eigenvalue weighted by atomic mass is 15.3.